The van der Waals surface area contributed by atoms with Crippen molar-refractivity contribution in [3.63, 3.8) is 0 Å². The molecule has 0 atom stereocenters. The van der Waals surface area contributed by atoms with Crippen LogP contribution in [0.3, 0.4) is 0 Å². The molecule has 5 aromatic rings. The monoisotopic (exact) mass is 462 g/mol. The molecule has 0 unspecified atom stereocenters. The summed E-state index contributed by atoms with van der Waals surface area (Å²) in [5.74, 6) is 1.93. The second-order valence-electron chi connectivity index (χ2n) is 7.39. The maximum absolute atomic E-state index is 13.1. The van der Waals surface area contributed by atoms with Crippen LogP contribution in [0, 0.1) is 0 Å². The minimum Gasteiger partial charge on any atom is -0.497 e. The minimum absolute atomic E-state index is 0.362. The molecule has 0 aliphatic carbocycles. The molecule has 10 heteroatoms. The summed E-state index contributed by atoms with van der Waals surface area (Å²) in [4.78, 5) is 13.4. The standard InChI is InChI=1S/C24H17F3N6O/c1-34-17-7-8-19-18(11-17)23(31-22(29-19)15-5-3-9-28-13-15)30-21-12-20(32-33-21)14-4-2-6-16(10-14)24(25,26)27/h2-13H,1H3,(H2,29,30,31,32,33). The summed E-state index contributed by atoms with van der Waals surface area (Å²) in [6.07, 6.45) is -1.11. The zero-order valence-corrected chi connectivity index (χ0v) is 17.8. The van der Waals surface area contributed by atoms with Gasteiger partial charge in [-0.25, -0.2) is 9.97 Å². The highest BCUT2D eigenvalue weighted by Gasteiger charge is 2.30. The number of methoxy groups -OCH3 is 1. The molecule has 0 aliphatic heterocycles. The molecule has 0 amide bonds. The van der Waals surface area contributed by atoms with Crippen molar-refractivity contribution in [2.24, 2.45) is 0 Å². The molecule has 170 valence electrons. The highest BCUT2D eigenvalue weighted by molar-refractivity contribution is 5.93. The molecule has 34 heavy (non-hydrogen) atoms. The second-order valence-corrected chi connectivity index (χ2v) is 7.39. The summed E-state index contributed by atoms with van der Waals surface area (Å²) in [7, 11) is 1.56. The third kappa shape index (κ3) is 4.25. The lowest BCUT2D eigenvalue weighted by Gasteiger charge is -2.10. The van der Waals surface area contributed by atoms with Gasteiger partial charge in [0, 0.05) is 35.0 Å². The molecule has 7 nitrogen and oxygen atoms in total. The predicted octanol–water partition coefficient (Wildman–Crippen LogP) is 5.85. The SMILES string of the molecule is COc1ccc2nc(-c3cccnc3)nc(Nc3cc(-c4cccc(C(F)(F)F)c4)[nH]n3)c2c1. The van der Waals surface area contributed by atoms with Gasteiger partial charge in [-0.05, 0) is 42.5 Å². The van der Waals surface area contributed by atoms with Crippen LogP contribution in [-0.4, -0.2) is 32.3 Å². The van der Waals surface area contributed by atoms with Gasteiger partial charge in [0.1, 0.15) is 11.6 Å². The number of aromatic nitrogens is 5. The number of alkyl halides is 3. The Morgan fingerprint density at radius 2 is 1.79 bits per heavy atom. The minimum atomic E-state index is -4.43. The zero-order chi connectivity index (χ0) is 23.7. The average Bonchev–Trinajstić information content (AvgIpc) is 3.32. The van der Waals surface area contributed by atoms with E-state index in [1.54, 1.807) is 49.8 Å². The molecule has 0 radical (unpaired) electrons. The Balaban J connectivity index is 1.54. The second kappa shape index (κ2) is 8.47. The van der Waals surface area contributed by atoms with Gasteiger partial charge in [-0.2, -0.15) is 18.3 Å². The van der Waals surface area contributed by atoms with Gasteiger partial charge in [0.2, 0.25) is 0 Å². The largest absolute Gasteiger partial charge is 0.497 e. The van der Waals surface area contributed by atoms with E-state index in [1.165, 1.54) is 6.07 Å². The molecule has 0 bridgehead atoms. The number of H-pyrrole nitrogens is 1. The molecule has 2 N–H and O–H groups in total. The van der Waals surface area contributed by atoms with E-state index in [0.717, 1.165) is 17.7 Å². The summed E-state index contributed by atoms with van der Waals surface area (Å²) in [5, 5.41) is 10.8. The van der Waals surface area contributed by atoms with Crippen LogP contribution in [0.15, 0.2) is 73.1 Å². The number of pyridine rings is 1. The van der Waals surface area contributed by atoms with E-state index in [1.807, 2.05) is 12.1 Å². The van der Waals surface area contributed by atoms with Crippen LogP contribution in [0.2, 0.25) is 0 Å². The molecule has 0 aliphatic rings. The molecule has 3 heterocycles. The number of fused-ring (bicyclic) bond motifs is 1. The Morgan fingerprint density at radius 3 is 2.56 bits per heavy atom. The van der Waals surface area contributed by atoms with E-state index in [9.17, 15) is 13.2 Å². The Morgan fingerprint density at radius 1 is 0.941 bits per heavy atom. The van der Waals surface area contributed by atoms with Gasteiger partial charge in [0.25, 0.3) is 0 Å². The van der Waals surface area contributed by atoms with Crippen molar-refractivity contribution in [2.45, 2.75) is 6.18 Å². The van der Waals surface area contributed by atoms with E-state index < -0.39 is 11.7 Å². The summed E-state index contributed by atoms with van der Waals surface area (Å²) >= 11 is 0. The summed E-state index contributed by atoms with van der Waals surface area (Å²) in [6, 6.07) is 15.7. The average molecular weight is 462 g/mol. The Kier molecular flexibility index (Phi) is 5.33. The van der Waals surface area contributed by atoms with Gasteiger partial charge in [-0.3, -0.25) is 10.1 Å². The molecule has 0 saturated heterocycles. The van der Waals surface area contributed by atoms with E-state index in [-0.39, 0.29) is 0 Å². The molecular weight excluding hydrogens is 445 g/mol. The van der Waals surface area contributed by atoms with Gasteiger partial charge < -0.3 is 10.1 Å². The van der Waals surface area contributed by atoms with Crippen LogP contribution in [-0.2, 0) is 6.18 Å². The van der Waals surface area contributed by atoms with Gasteiger partial charge in [-0.1, -0.05) is 12.1 Å². The fourth-order valence-corrected chi connectivity index (χ4v) is 3.47. The summed E-state index contributed by atoms with van der Waals surface area (Å²) in [6.45, 7) is 0. The van der Waals surface area contributed by atoms with E-state index in [2.05, 4.69) is 30.5 Å². The van der Waals surface area contributed by atoms with Gasteiger partial charge in [0.15, 0.2) is 11.6 Å². The van der Waals surface area contributed by atoms with Gasteiger partial charge >= 0.3 is 6.18 Å². The van der Waals surface area contributed by atoms with Crippen LogP contribution >= 0.6 is 0 Å². The van der Waals surface area contributed by atoms with E-state index in [4.69, 9.17) is 4.74 Å². The van der Waals surface area contributed by atoms with Crippen molar-refractivity contribution in [2.75, 3.05) is 12.4 Å². The number of rotatable bonds is 5. The van der Waals surface area contributed by atoms with Gasteiger partial charge in [-0.15, -0.1) is 0 Å². The molecular formula is C24H17F3N6O. The number of anilines is 2. The van der Waals surface area contributed by atoms with Crippen molar-refractivity contribution < 1.29 is 17.9 Å². The third-order valence-electron chi connectivity index (χ3n) is 5.15. The molecule has 5 rings (SSSR count). The number of ether oxygens (including phenoxy) is 1. The first kappa shape index (κ1) is 21.4. The molecule has 3 aromatic heterocycles. The van der Waals surface area contributed by atoms with Crippen LogP contribution in [0.25, 0.3) is 33.5 Å². The first-order chi connectivity index (χ1) is 16.4. The molecule has 2 aromatic carbocycles. The number of nitrogens with zero attached hydrogens (tertiary/aromatic N) is 4. The molecule has 0 fully saturated rings. The van der Waals surface area contributed by atoms with Crippen molar-refractivity contribution in [1.82, 2.24) is 25.1 Å². The van der Waals surface area contributed by atoms with Crippen LogP contribution in [0.1, 0.15) is 5.56 Å². The number of nitrogens with one attached hydrogen (secondary N) is 2. The molecule has 0 spiro atoms. The summed E-state index contributed by atoms with van der Waals surface area (Å²) < 4.78 is 44.6. The van der Waals surface area contributed by atoms with E-state index in [0.29, 0.717) is 45.4 Å². The van der Waals surface area contributed by atoms with Crippen LogP contribution < -0.4 is 10.1 Å². The third-order valence-corrected chi connectivity index (χ3v) is 5.15. The lowest BCUT2D eigenvalue weighted by Crippen LogP contribution is -2.04. The fraction of sp³-hybridized carbons (Fsp3) is 0.0833. The van der Waals surface area contributed by atoms with Crippen molar-refractivity contribution >= 4 is 22.5 Å². The first-order valence-electron chi connectivity index (χ1n) is 10.2. The van der Waals surface area contributed by atoms with Crippen molar-refractivity contribution in [3.05, 3.63) is 78.6 Å². The highest BCUT2D eigenvalue weighted by atomic mass is 19.4. The zero-order valence-electron chi connectivity index (χ0n) is 17.8. The van der Waals surface area contributed by atoms with Gasteiger partial charge in [0.05, 0.1) is 23.9 Å². The predicted molar refractivity (Wildman–Crippen MR) is 122 cm³/mol. The number of hydrogen-bond donors (Lipinski definition) is 2. The quantitative estimate of drug-likeness (QED) is 0.341. The van der Waals surface area contributed by atoms with E-state index >= 15 is 0 Å². The van der Waals surface area contributed by atoms with Crippen LogP contribution in [0.4, 0.5) is 24.8 Å². The highest BCUT2D eigenvalue weighted by Crippen LogP contribution is 2.33. The van der Waals surface area contributed by atoms with Crippen molar-refractivity contribution in [1.29, 1.82) is 0 Å². The Labute approximate surface area is 191 Å². The normalized spacial score (nSPS) is 11.5. The van der Waals surface area contributed by atoms with Crippen molar-refractivity contribution in [3.8, 4) is 28.4 Å². The number of halogens is 3. The topological polar surface area (TPSA) is 88.6 Å². The number of aromatic amines is 1. The number of hydrogen-bond acceptors (Lipinski definition) is 6. The first-order valence-corrected chi connectivity index (χ1v) is 10.2. The van der Waals surface area contributed by atoms with Crippen LogP contribution in [0.5, 0.6) is 5.75 Å². The Bertz CT molecular complexity index is 1470. The lowest BCUT2D eigenvalue weighted by atomic mass is 10.1. The smallest absolute Gasteiger partial charge is 0.416 e. The maximum atomic E-state index is 13.1. The summed E-state index contributed by atoms with van der Waals surface area (Å²) in [5.41, 5.74) is 1.46. The fourth-order valence-electron chi connectivity index (χ4n) is 3.47. The number of benzene rings is 2. The molecule has 0 saturated carbocycles. The maximum Gasteiger partial charge on any atom is 0.416 e. The lowest BCUT2D eigenvalue weighted by molar-refractivity contribution is -0.137. The Hall–Kier alpha value is -4.47.